The van der Waals surface area contributed by atoms with Crippen molar-refractivity contribution in [3.8, 4) is 11.5 Å². The van der Waals surface area contributed by atoms with E-state index in [-0.39, 0.29) is 11.8 Å². The van der Waals surface area contributed by atoms with E-state index in [1.165, 1.54) is 0 Å². The van der Waals surface area contributed by atoms with E-state index >= 15 is 0 Å². The Morgan fingerprint density at radius 1 is 1.13 bits per heavy atom. The zero-order valence-electron chi connectivity index (χ0n) is 17.1. The van der Waals surface area contributed by atoms with Crippen LogP contribution in [0.2, 0.25) is 5.02 Å². The van der Waals surface area contributed by atoms with Crippen molar-refractivity contribution in [2.45, 2.75) is 26.2 Å². The molecule has 0 saturated carbocycles. The SMILES string of the molecule is CC(C)c1noc(-c2ccnc(N3CCN(C(=O)Cc4ccc(Cl)cc4)CC3)c2)n1. The largest absolute Gasteiger partial charge is 0.353 e. The lowest BCUT2D eigenvalue weighted by Gasteiger charge is -2.35. The number of carbonyl (C=O) groups is 1. The molecule has 1 aliphatic heterocycles. The summed E-state index contributed by atoms with van der Waals surface area (Å²) in [7, 11) is 0. The quantitative estimate of drug-likeness (QED) is 0.618. The molecule has 1 aromatic carbocycles. The van der Waals surface area contributed by atoms with Crippen LogP contribution in [0.1, 0.15) is 31.2 Å². The van der Waals surface area contributed by atoms with Crippen molar-refractivity contribution in [1.29, 1.82) is 0 Å². The van der Waals surface area contributed by atoms with Crippen LogP contribution in [0.3, 0.4) is 0 Å². The summed E-state index contributed by atoms with van der Waals surface area (Å²) < 4.78 is 5.40. The van der Waals surface area contributed by atoms with Crippen LogP contribution >= 0.6 is 11.6 Å². The van der Waals surface area contributed by atoms with Crippen molar-refractivity contribution in [3.63, 3.8) is 0 Å². The molecule has 1 saturated heterocycles. The van der Waals surface area contributed by atoms with Crippen molar-refractivity contribution < 1.29 is 9.32 Å². The summed E-state index contributed by atoms with van der Waals surface area (Å²) in [6, 6.07) is 11.3. The van der Waals surface area contributed by atoms with Crippen LogP contribution in [0.5, 0.6) is 0 Å². The summed E-state index contributed by atoms with van der Waals surface area (Å²) in [6.45, 7) is 6.83. The number of nitrogens with zero attached hydrogens (tertiary/aromatic N) is 5. The highest BCUT2D eigenvalue weighted by atomic mass is 35.5. The molecule has 0 unspecified atom stereocenters. The third-order valence-electron chi connectivity index (χ3n) is 5.18. The van der Waals surface area contributed by atoms with Crippen molar-refractivity contribution >= 4 is 23.3 Å². The van der Waals surface area contributed by atoms with Crippen LogP contribution in [0.25, 0.3) is 11.5 Å². The second kappa shape index (κ2) is 8.83. The van der Waals surface area contributed by atoms with Crippen LogP contribution in [0.15, 0.2) is 47.1 Å². The Bertz CT molecular complexity index is 1010. The van der Waals surface area contributed by atoms with Gasteiger partial charge in [0.05, 0.1) is 6.42 Å². The minimum absolute atomic E-state index is 0.130. The number of hydrogen-bond donors (Lipinski definition) is 0. The zero-order chi connectivity index (χ0) is 21.1. The number of benzene rings is 1. The number of hydrogen-bond acceptors (Lipinski definition) is 6. The molecule has 1 fully saturated rings. The summed E-state index contributed by atoms with van der Waals surface area (Å²) in [5.41, 5.74) is 1.82. The van der Waals surface area contributed by atoms with E-state index < -0.39 is 0 Å². The van der Waals surface area contributed by atoms with Crippen LogP contribution in [0.4, 0.5) is 5.82 Å². The van der Waals surface area contributed by atoms with E-state index in [0.29, 0.717) is 36.2 Å². The molecular weight excluding hydrogens is 402 g/mol. The van der Waals surface area contributed by atoms with Crippen LogP contribution in [0, 0.1) is 0 Å². The van der Waals surface area contributed by atoms with Crippen molar-refractivity contribution in [2.24, 2.45) is 0 Å². The maximum absolute atomic E-state index is 12.6. The molecule has 4 rings (SSSR count). The molecule has 0 atom stereocenters. The number of pyridine rings is 1. The number of amides is 1. The highest BCUT2D eigenvalue weighted by molar-refractivity contribution is 6.30. The van der Waals surface area contributed by atoms with Gasteiger partial charge in [-0.15, -0.1) is 0 Å². The molecule has 1 amide bonds. The fourth-order valence-electron chi connectivity index (χ4n) is 3.38. The first-order chi connectivity index (χ1) is 14.5. The number of rotatable bonds is 5. The maximum Gasteiger partial charge on any atom is 0.258 e. The van der Waals surface area contributed by atoms with E-state index in [2.05, 4.69) is 20.0 Å². The van der Waals surface area contributed by atoms with E-state index in [0.717, 1.165) is 30.0 Å². The number of anilines is 1. The zero-order valence-corrected chi connectivity index (χ0v) is 17.8. The minimum atomic E-state index is 0.130. The average Bonchev–Trinajstić information content (AvgIpc) is 3.26. The Balaban J connectivity index is 1.38. The van der Waals surface area contributed by atoms with Crippen molar-refractivity contribution in [3.05, 3.63) is 59.0 Å². The van der Waals surface area contributed by atoms with E-state index in [4.69, 9.17) is 16.1 Å². The predicted molar refractivity (Wildman–Crippen MR) is 116 cm³/mol. The lowest BCUT2D eigenvalue weighted by atomic mass is 10.1. The van der Waals surface area contributed by atoms with Gasteiger partial charge in [-0.25, -0.2) is 4.98 Å². The molecule has 0 spiro atoms. The lowest BCUT2D eigenvalue weighted by Crippen LogP contribution is -2.49. The van der Waals surface area contributed by atoms with Gasteiger partial charge in [-0.1, -0.05) is 42.7 Å². The van der Waals surface area contributed by atoms with Crippen LogP contribution < -0.4 is 4.90 Å². The molecule has 1 aliphatic rings. The Morgan fingerprint density at radius 2 is 1.87 bits per heavy atom. The molecule has 2 aromatic heterocycles. The fourth-order valence-corrected chi connectivity index (χ4v) is 3.51. The second-order valence-electron chi connectivity index (χ2n) is 7.69. The first kappa shape index (κ1) is 20.3. The first-order valence-corrected chi connectivity index (χ1v) is 10.4. The summed E-state index contributed by atoms with van der Waals surface area (Å²) in [5, 5.41) is 4.71. The van der Waals surface area contributed by atoms with Crippen molar-refractivity contribution in [1.82, 2.24) is 20.0 Å². The Hall–Kier alpha value is -2.93. The molecule has 0 bridgehead atoms. The number of aromatic nitrogens is 3. The monoisotopic (exact) mass is 425 g/mol. The summed E-state index contributed by atoms with van der Waals surface area (Å²) in [5.74, 6) is 2.38. The van der Waals surface area contributed by atoms with Gasteiger partial charge in [-0.3, -0.25) is 4.79 Å². The van der Waals surface area contributed by atoms with E-state index in [9.17, 15) is 4.79 Å². The summed E-state index contributed by atoms with van der Waals surface area (Å²) in [4.78, 5) is 25.7. The Kier molecular flexibility index (Phi) is 5.99. The van der Waals surface area contributed by atoms with Crippen LogP contribution in [-0.4, -0.2) is 52.1 Å². The minimum Gasteiger partial charge on any atom is -0.353 e. The molecule has 8 heteroatoms. The van der Waals surface area contributed by atoms with Gasteiger partial charge < -0.3 is 14.3 Å². The highest BCUT2D eigenvalue weighted by Crippen LogP contribution is 2.24. The Labute approximate surface area is 180 Å². The molecule has 7 nitrogen and oxygen atoms in total. The topological polar surface area (TPSA) is 75.4 Å². The predicted octanol–water partition coefficient (Wildman–Crippen LogP) is 3.80. The highest BCUT2D eigenvalue weighted by Gasteiger charge is 2.22. The molecule has 0 aliphatic carbocycles. The molecule has 30 heavy (non-hydrogen) atoms. The number of halogens is 1. The van der Waals surface area contributed by atoms with Crippen molar-refractivity contribution in [2.75, 3.05) is 31.1 Å². The van der Waals surface area contributed by atoms with Crippen LogP contribution in [-0.2, 0) is 11.2 Å². The average molecular weight is 426 g/mol. The maximum atomic E-state index is 12.6. The lowest BCUT2D eigenvalue weighted by molar-refractivity contribution is -0.130. The summed E-state index contributed by atoms with van der Waals surface area (Å²) >= 11 is 5.92. The molecule has 3 heterocycles. The molecule has 0 radical (unpaired) electrons. The molecule has 0 N–H and O–H groups in total. The third-order valence-corrected chi connectivity index (χ3v) is 5.43. The van der Waals surface area contributed by atoms with Gasteiger partial charge in [0.1, 0.15) is 5.82 Å². The van der Waals surface area contributed by atoms with Gasteiger partial charge >= 0.3 is 0 Å². The van der Waals surface area contributed by atoms with Gasteiger partial charge in [0.25, 0.3) is 5.89 Å². The van der Waals surface area contributed by atoms with E-state index in [1.807, 2.05) is 55.1 Å². The summed E-state index contributed by atoms with van der Waals surface area (Å²) in [6.07, 6.45) is 2.14. The van der Waals surface area contributed by atoms with Gasteiger partial charge in [-0.05, 0) is 29.8 Å². The normalized spacial score (nSPS) is 14.4. The molecule has 156 valence electrons. The van der Waals surface area contributed by atoms with E-state index in [1.54, 1.807) is 6.20 Å². The number of carbonyl (C=O) groups excluding carboxylic acids is 1. The third kappa shape index (κ3) is 4.62. The second-order valence-corrected chi connectivity index (χ2v) is 8.12. The van der Waals surface area contributed by atoms with Gasteiger partial charge in [0, 0.05) is 48.9 Å². The first-order valence-electron chi connectivity index (χ1n) is 10.1. The standard InChI is InChI=1S/C22H24ClN5O2/c1-15(2)21-25-22(30-26-21)17-7-8-24-19(14-17)27-9-11-28(12-10-27)20(29)13-16-3-5-18(23)6-4-16/h3-8,14-15H,9-13H2,1-2H3. The van der Waals surface area contributed by atoms with Gasteiger partial charge in [-0.2, -0.15) is 4.98 Å². The molecule has 3 aromatic rings. The number of piperazine rings is 1. The van der Waals surface area contributed by atoms with Gasteiger partial charge in [0.2, 0.25) is 5.91 Å². The Morgan fingerprint density at radius 3 is 2.53 bits per heavy atom. The smallest absolute Gasteiger partial charge is 0.258 e. The van der Waals surface area contributed by atoms with Gasteiger partial charge in [0.15, 0.2) is 5.82 Å². The fraction of sp³-hybridized carbons (Fsp3) is 0.364. The molecular formula is C22H24ClN5O2.